The third-order valence-corrected chi connectivity index (χ3v) is 7.30. The number of hydrogen-bond acceptors (Lipinski definition) is 6. The number of amides is 1. The lowest BCUT2D eigenvalue weighted by molar-refractivity contribution is -0.121. The minimum atomic E-state index is -0.306. The van der Waals surface area contributed by atoms with Crippen molar-refractivity contribution in [3.63, 3.8) is 0 Å². The number of hydrogen-bond donors (Lipinski definition) is 1. The largest absolute Gasteiger partial charge is 0.490 e. The van der Waals surface area contributed by atoms with Crippen LogP contribution in [0.1, 0.15) is 31.4 Å². The van der Waals surface area contributed by atoms with E-state index in [0.717, 1.165) is 25.7 Å². The van der Waals surface area contributed by atoms with Gasteiger partial charge in [-0.1, -0.05) is 0 Å². The molecule has 166 valence electrons. The lowest BCUT2D eigenvalue weighted by atomic mass is 9.91. The molecule has 3 aliphatic rings. The summed E-state index contributed by atoms with van der Waals surface area (Å²) in [5, 5.41) is 20.2. The van der Waals surface area contributed by atoms with Crippen LogP contribution >= 0.6 is 0 Å². The zero-order valence-electron chi connectivity index (χ0n) is 17.8. The maximum Gasteiger partial charge on any atom is 0.229 e. The van der Waals surface area contributed by atoms with Crippen LogP contribution in [-0.2, 0) is 4.79 Å². The first kappa shape index (κ1) is 20.0. The van der Waals surface area contributed by atoms with Crippen LogP contribution in [0, 0.1) is 46.7 Å². The van der Waals surface area contributed by atoms with Gasteiger partial charge in [-0.3, -0.25) is 9.78 Å². The summed E-state index contributed by atoms with van der Waals surface area (Å²) in [6.07, 6.45) is 5.73. The van der Waals surface area contributed by atoms with Gasteiger partial charge in [0.05, 0.1) is 11.6 Å². The summed E-state index contributed by atoms with van der Waals surface area (Å²) in [4.78, 5) is 17.4. The van der Waals surface area contributed by atoms with Crippen LogP contribution < -0.4 is 10.1 Å². The highest BCUT2D eigenvalue weighted by Gasteiger charge is 2.63. The Morgan fingerprint density at radius 2 is 1.97 bits per heavy atom. The molecule has 1 amide bonds. The Labute approximate surface area is 190 Å². The Morgan fingerprint density at radius 3 is 2.67 bits per heavy atom. The number of pyridine rings is 1. The molecule has 3 aromatic rings. The Bertz CT molecular complexity index is 1260. The number of carbonyl (C=O) groups excluding carboxylic acids is 1. The number of carbonyl (C=O) groups is 1. The Kier molecular flexibility index (Phi) is 4.72. The molecule has 1 aromatic carbocycles. The fraction of sp³-hybridized carbons (Fsp3) is 0.400. The highest BCUT2D eigenvalue weighted by Crippen LogP contribution is 2.64. The molecule has 2 aromatic heterocycles. The van der Waals surface area contributed by atoms with Crippen LogP contribution in [0.25, 0.3) is 10.9 Å². The smallest absolute Gasteiger partial charge is 0.229 e. The van der Waals surface area contributed by atoms with Gasteiger partial charge in [0.15, 0.2) is 11.5 Å². The number of benzene rings is 1. The van der Waals surface area contributed by atoms with Gasteiger partial charge in [-0.15, -0.1) is 10.2 Å². The molecule has 6 rings (SSSR count). The van der Waals surface area contributed by atoms with E-state index in [2.05, 4.69) is 20.5 Å². The van der Waals surface area contributed by atoms with Gasteiger partial charge in [0.2, 0.25) is 5.91 Å². The topological polar surface area (TPSA) is 101 Å². The fourth-order valence-electron chi connectivity index (χ4n) is 5.67. The highest BCUT2D eigenvalue weighted by molar-refractivity contribution is 5.92. The molecule has 2 heterocycles. The van der Waals surface area contributed by atoms with Crippen molar-refractivity contribution >= 4 is 22.6 Å². The number of fused-ring (bicyclic) bond motifs is 2. The molecular weight excluding hydrogens is 421 g/mol. The minimum absolute atomic E-state index is 0.00368. The van der Waals surface area contributed by atoms with E-state index in [0.29, 0.717) is 46.1 Å². The summed E-state index contributed by atoms with van der Waals surface area (Å²) in [5.41, 5.74) is 0.936. The predicted molar refractivity (Wildman–Crippen MR) is 117 cm³/mol. The van der Waals surface area contributed by atoms with Gasteiger partial charge in [0.25, 0.3) is 0 Å². The first-order chi connectivity index (χ1) is 16.1. The second-order valence-corrected chi connectivity index (χ2v) is 9.35. The number of ether oxygens (including phenoxy) is 1. The monoisotopic (exact) mass is 443 g/mol. The standard InChI is InChI=1S/C25H22FN5O2/c26-14-3-5-20-19(9-14)21(7-8-28-20)33-16-10-17-18(11-16)24(17)23(13-1-2-13)25(32)29-22-6-4-15(12-27)30-31-22/h3-9,13,16-18,23-24H,1-2,10-11H2,(H,29,31,32)/t16-,17-,18+,23?,24-. The zero-order valence-corrected chi connectivity index (χ0v) is 17.8. The lowest BCUT2D eigenvalue weighted by Gasteiger charge is -2.22. The van der Waals surface area contributed by atoms with Crippen molar-refractivity contribution in [2.24, 2.45) is 29.6 Å². The van der Waals surface area contributed by atoms with Crippen molar-refractivity contribution in [2.45, 2.75) is 31.8 Å². The van der Waals surface area contributed by atoms with Crippen molar-refractivity contribution in [2.75, 3.05) is 5.32 Å². The normalized spacial score (nSPS) is 26.3. The van der Waals surface area contributed by atoms with E-state index in [1.165, 1.54) is 12.1 Å². The van der Waals surface area contributed by atoms with Crippen LogP contribution in [0.3, 0.4) is 0 Å². The average molecular weight is 443 g/mol. The number of nitrogens with one attached hydrogen (secondary N) is 1. The molecule has 5 atom stereocenters. The molecule has 3 fully saturated rings. The van der Waals surface area contributed by atoms with Crippen molar-refractivity contribution in [3.05, 3.63) is 54.1 Å². The summed E-state index contributed by atoms with van der Waals surface area (Å²) in [6, 6.07) is 11.4. The molecular formula is C25H22FN5O2. The van der Waals surface area contributed by atoms with Crippen LogP contribution in [0.15, 0.2) is 42.6 Å². The molecule has 0 saturated heterocycles. The van der Waals surface area contributed by atoms with Crippen LogP contribution in [0.5, 0.6) is 5.75 Å². The first-order valence-corrected chi connectivity index (χ1v) is 11.4. The van der Waals surface area contributed by atoms with Crippen LogP contribution in [0.4, 0.5) is 10.2 Å². The molecule has 8 heteroatoms. The molecule has 3 aliphatic carbocycles. The van der Waals surface area contributed by atoms with E-state index in [9.17, 15) is 9.18 Å². The van der Waals surface area contributed by atoms with Gasteiger partial charge in [-0.05, 0) is 85.8 Å². The number of halogens is 1. The SMILES string of the molecule is N#Cc1ccc(NC(=O)C(C2CC2)[C@@H]2[C@@H]3C[C@@H](Oc4ccnc5ccc(F)cc45)C[C@@H]32)nn1. The molecule has 0 bridgehead atoms. The summed E-state index contributed by atoms with van der Waals surface area (Å²) in [6.45, 7) is 0. The van der Waals surface area contributed by atoms with E-state index < -0.39 is 0 Å². The summed E-state index contributed by atoms with van der Waals surface area (Å²) >= 11 is 0. The van der Waals surface area contributed by atoms with Gasteiger partial charge >= 0.3 is 0 Å². The number of nitrogens with zero attached hydrogens (tertiary/aromatic N) is 4. The van der Waals surface area contributed by atoms with E-state index in [-0.39, 0.29) is 29.4 Å². The number of nitriles is 1. The van der Waals surface area contributed by atoms with Gasteiger partial charge in [0, 0.05) is 17.5 Å². The number of rotatable bonds is 6. The fourth-order valence-corrected chi connectivity index (χ4v) is 5.67. The van der Waals surface area contributed by atoms with Crippen molar-refractivity contribution in [3.8, 4) is 11.8 Å². The first-order valence-electron chi connectivity index (χ1n) is 11.4. The minimum Gasteiger partial charge on any atom is -0.490 e. The second kappa shape index (κ2) is 7.77. The average Bonchev–Trinajstić information content (AvgIpc) is 3.73. The van der Waals surface area contributed by atoms with E-state index >= 15 is 0 Å². The molecule has 1 unspecified atom stereocenters. The summed E-state index contributed by atoms with van der Waals surface area (Å²) in [7, 11) is 0. The van der Waals surface area contributed by atoms with Gasteiger partial charge in [0.1, 0.15) is 17.6 Å². The summed E-state index contributed by atoms with van der Waals surface area (Å²) in [5.74, 6) is 2.48. The number of anilines is 1. The lowest BCUT2D eigenvalue weighted by Crippen LogP contribution is -2.29. The van der Waals surface area contributed by atoms with Crippen molar-refractivity contribution in [1.82, 2.24) is 15.2 Å². The molecule has 0 spiro atoms. The third-order valence-electron chi connectivity index (χ3n) is 7.30. The van der Waals surface area contributed by atoms with Crippen LogP contribution in [0.2, 0.25) is 0 Å². The van der Waals surface area contributed by atoms with Crippen molar-refractivity contribution < 1.29 is 13.9 Å². The molecule has 33 heavy (non-hydrogen) atoms. The highest BCUT2D eigenvalue weighted by atomic mass is 19.1. The molecule has 1 N–H and O–H groups in total. The zero-order chi connectivity index (χ0) is 22.5. The molecule has 7 nitrogen and oxygen atoms in total. The van der Waals surface area contributed by atoms with Crippen LogP contribution in [-0.4, -0.2) is 27.2 Å². The maximum absolute atomic E-state index is 13.7. The van der Waals surface area contributed by atoms with E-state index in [1.54, 1.807) is 30.5 Å². The van der Waals surface area contributed by atoms with E-state index in [1.807, 2.05) is 6.07 Å². The molecule has 0 aliphatic heterocycles. The second-order valence-electron chi connectivity index (χ2n) is 9.35. The quantitative estimate of drug-likeness (QED) is 0.616. The Morgan fingerprint density at radius 1 is 1.15 bits per heavy atom. The van der Waals surface area contributed by atoms with Gasteiger partial charge < -0.3 is 10.1 Å². The molecule has 3 saturated carbocycles. The van der Waals surface area contributed by atoms with Gasteiger partial charge in [-0.2, -0.15) is 5.26 Å². The van der Waals surface area contributed by atoms with Gasteiger partial charge in [-0.25, -0.2) is 4.39 Å². The molecule has 0 radical (unpaired) electrons. The number of aromatic nitrogens is 3. The Hall–Kier alpha value is -3.60. The predicted octanol–water partition coefficient (Wildman–Crippen LogP) is 4.10. The summed E-state index contributed by atoms with van der Waals surface area (Å²) < 4.78 is 20.0. The van der Waals surface area contributed by atoms with E-state index in [4.69, 9.17) is 10.00 Å². The third kappa shape index (κ3) is 3.78. The maximum atomic E-state index is 13.7. The van der Waals surface area contributed by atoms with Crippen molar-refractivity contribution in [1.29, 1.82) is 5.26 Å². The Balaban J connectivity index is 1.12.